The van der Waals surface area contributed by atoms with Crippen LogP contribution >= 0.6 is 0 Å². The fraction of sp³-hybridized carbons (Fsp3) is 0.228. The molecule has 14 nitrogen and oxygen atoms in total. The standard InChI is InChI=1S/C57H48N4O10/c62-44-30-26-42(27-31-44)52-57(45-33-37(22-21-36-13-5-1-6-14-36)25-32-46(45)59(55(57)66)56(67)70-35-38-23-28-43(29-24-38)61(68)69)48(53(64)58-34-47(63)39-15-7-2-8-16-39)50-54(65)71-51(41-19-11-4-12-20-41)49(60(50)52)40-17-9-3-10-18-40/h2-4,7-13,15-20,23-33,47-52,62-63H,1,5-6,14,34-35H2,(H,58,64). The van der Waals surface area contributed by atoms with E-state index < -0.39 is 70.5 Å². The topological polar surface area (TPSA) is 189 Å². The second-order valence-corrected chi connectivity index (χ2v) is 18.1. The SMILES string of the molecule is O=C1OC(c2ccccc2)C(c2ccccc2)N2C1C(C(=O)NCC(O)c1ccccc1)C1(C(=O)N(C(=O)OCc3ccc([N+](=O)[O-])cc3)c3ccc(C#CC4=CCCCC4)cc31)C2c1ccc(O)cc1. The van der Waals surface area contributed by atoms with Crippen molar-refractivity contribution in [3.05, 3.63) is 218 Å². The summed E-state index contributed by atoms with van der Waals surface area (Å²) in [5.74, 6) is 2.40. The molecule has 2 saturated heterocycles. The predicted octanol–water partition coefficient (Wildman–Crippen LogP) is 9.00. The lowest BCUT2D eigenvalue weighted by molar-refractivity contribution is -0.384. The van der Waals surface area contributed by atoms with E-state index in [-0.39, 0.29) is 35.8 Å². The molecule has 1 aliphatic carbocycles. The highest BCUT2D eigenvalue weighted by atomic mass is 16.6. The maximum absolute atomic E-state index is 16.5. The molecule has 10 rings (SSSR count). The average molecular weight is 949 g/mol. The van der Waals surface area contributed by atoms with Gasteiger partial charge in [0.15, 0.2) is 0 Å². The molecule has 3 amide bonds. The van der Waals surface area contributed by atoms with Gasteiger partial charge in [-0.2, -0.15) is 0 Å². The fourth-order valence-electron chi connectivity index (χ4n) is 10.7. The number of nitrogens with zero attached hydrogens (tertiary/aromatic N) is 3. The number of phenolic OH excluding ortho intramolecular Hbond substituents is 1. The summed E-state index contributed by atoms with van der Waals surface area (Å²) in [4.78, 5) is 76.1. The van der Waals surface area contributed by atoms with Crippen molar-refractivity contribution < 1.29 is 43.8 Å². The number of anilines is 1. The first-order valence-electron chi connectivity index (χ1n) is 23.5. The number of nitrogens with one attached hydrogen (secondary N) is 1. The van der Waals surface area contributed by atoms with Gasteiger partial charge >= 0.3 is 12.1 Å². The summed E-state index contributed by atoms with van der Waals surface area (Å²) in [6.07, 6.45) is 2.59. The van der Waals surface area contributed by atoms with Gasteiger partial charge in [0.1, 0.15) is 29.9 Å². The number of nitro groups is 1. The Morgan fingerprint density at radius 2 is 1.49 bits per heavy atom. The average Bonchev–Trinajstić information content (AvgIpc) is 3.86. The minimum Gasteiger partial charge on any atom is -0.508 e. The molecule has 0 saturated carbocycles. The minimum absolute atomic E-state index is 0.0782. The molecule has 356 valence electrons. The first-order valence-corrected chi connectivity index (χ1v) is 23.5. The van der Waals surface area contributed by atoms with E-state index in [1.54, 1.807) is 60.7 Å². The van der Waals surface area contributed by atoms with E-state index in [2.05, 4.69) is 23.2 Å². The van der Waals surface area contributed by atoms with Crippen LogP contribution in [0.4, 0.5) is 16.2 Å². The molecule has 2 fully saturated rings. The van der Waals surface area contributed by atoms with Gasteiger partial charge in [0.25, 0.3) is 5.69 Å². The summed E-state index contributed by atoms with van der Waals surface area (Å²) in [6, 6.07) is 40.3. The summed E-state index contributed by atoms with van der Waals surface area (Å²) in [7, 11) is 0. The number of rotatable bonds is 10. The number of non-ortho nitro benzene ring substituents is 1. The van der Waals surface area contributed by atoms with Gasteiger partial charge in [0, 0.05) is 24.2 Å². The number of aliphatic hydroxyl groups is 1. The lowest BCUT2D eigenvalue weighted by Gasteiger charge is -2.46. The van der Waals surface area contributed by atoms with Crippen LogP contribution in [0.3, 0.4) is 0 Å². The van der Waals surface area contributed by atoms with E-state index in [0.29, 0.717) is 33.4 Å². The van der Waals surface area contributed by atoms with Crippen molar-refractivity contribution in [2.75, 3.05) is 11.4 Å². The molecular formula is C57H48N4O10. The van der Waals surface area contributed by atoms with Gasteiger partial charge in [-0.3, -0.25) is 29.4 Å². The number of ether oxygens (including phenoxy) is 2. The Kier molecular flexibility index (Phi) is 12.8. The number of carbonyl (C=O) groups excluding carboxylic acids is 4. The van der Waals surface area contributed by atoms with E-state index in [0.717, 1.165) is 36.2 Å². The first kappa shape index (κ1) is 46.4. The Hall–Kier alpha value is -8.38. The number of cyclic esters (lactones) is 1. The van der Waals surface area contributed by atoms with Crippen LogP contribution in [0.15, 0.2) is 169 Å². The zero-order valence-corrected chi connectivity index (χ0v) is 38.3. The van der Waals surface area contributed by atoms with E-state index in [4.69, 9.17) is 9.47 Å². The molecule has 0 aromatic heterocycles. The highest BCUT2D eigenvalue weighted by molar-refractivity contribution is 6.23. The number of phenols is 1. The van der Waals surface area contributed by atoms with Crippen molar-refractivity contribution in [2.45, 2.75) is 68.0 Å². The lowest BCUT2D eigenvalue weighted by Crippen LogP contribution is -2.56. The van der Waals surface area contributed by atoms with Crippen molar-refractivity contribution in [1.82, 2.24) is 10.2 Å². The maximum Gasteiger partial charge on any atom is 0.421 e. The van der Waals surface area contributed by atoms with E-state index in [1.165, 1.54) is 36.4 Å². The van der Waals surface area contributed by atoms with Crippen LogP contribution in [0.25, 0.3) is 0 Å². The van der Waals surface area contributed by atoms with E-state index in [1.807, 2.05) is 65.6 Å². The number of aromatic hydroxyl groups is 1. The molecule has 7 atom stereocenters. The second kappa shape index (κ2) is 19.6. The van der Waals surface area contributed by atoms with Gasteiger partial charge in [-0.05, 0) is 107 Å². The highest BCUT2D eigenvalue weighted by Crippen LogP contribution is 2.66. The zero-order chi connectivity index (χ0) is 49.2. The third-order valence-corrected chi connectivity index (χ3v) is 14.0. The highest BCUT2D eigenvalue weighted by Gasteiger charge is 2.75. The molecular weight excluding hydrogens is 901 g/mol. The van der Waals surface area contributed by atoms with Crippen LogP contribution in [0.2, 0.25) is 0 Å². The Bertz CT molecular complexity index is 3100. The lowest BCUT2D eigenvalue weighted by atomic mass is 9.65. The summed E-state index contributed by atoms with van der Waals surface area (Å²) < 4.78 is 12.4. The summed E-state index contributed by atoms with van der Waals surface area (Å²) in [5.41, 5.74) is 2.13. The number of benzene rings is 6. The summed E-state index contributed by atoms with van der Waals surface area (Å²) in [6.45, 7) is -0.682. The van der Waals surface area contributed by atoms with Crippen LogP contribution < -0.4 is 10.2 Å². The van der Waals surface area contributed by atoms with Gasteiger partial charge in [-0.25, -0.2) is 9.69 Å². The van der Waals surface area contributed by atoms with E-state index in [9.17, 15) is 25.1 Å². The van der Waals surface area contributed by atoms with Crippen molar-refractivity contribution in [3.63, 3.8) is 0 Å². The monoisotopic (exact) mass is 948 g/mol. The number of allylic oxidation sites excluding steroid dienone is 2. The van der Waals surface area contributed by atoms with Gasteiger partial charge in [0.05, 0.1) is 34.7 Å². The van der Waals surface area contributed by atoms with Gasteiger partial charge in [-0.1, -0.05) is 121 Å². The van der Waals surface area contributed by atoms with Gasteiger partial charge < -0.3 is 25.0 Å². The number of morpholine rings is 1. The number of hydrogen-bond donors (Lipinski definition) is 3. The molecule has 1 spiro atoms. The number of fused-ring (bicyclic) bond motifs is 3. The van der Waals surface area contributed by atoms with Crippen molar-refractivity contribution in [2.24, 2.45) is 5.92 Å². The fourth-order valence-corrected chi connectivity index (χ4v) is 10.7. The molecule has 6 aromatic rings. The quantitative estimate of drug-likeness (QED) is 0.0515. The number of aliphatic hydroxyl groups excluding tert-OH is 1. The smallest absolute Gasteiger partial charge is 0.421 e. The Morgan fingerprint density at radius 3 is 2.15 bits per heavy atom. The minimum atomic E-state index is -2.15. The number of imide groups is 1. The number of amides is 3. The molecule has 3 aliphatic heterocycles. The Labute approximate surface area is 409 Å². The third-order valence-electron chi connectivity index (χ3n) is 14.0. The Balaban J connectivity index is 1.21. The van der Waals surface area contributed by atoms with E-state index >= 15 is 14.4 Å². The second-order valence-electron chi connectivity index (χ2n) is 18.1. The third kappa shape index (κ3) is 8.60. The molecule has 71 heavy (non-hydrogen) atoms. The molecule has 3 N–H and O–H groups in total. The zero-order valence-electron chi connectivity index (χ0n) is 38.3. The van der Waals surface area contributed by atoms with Crippen LogP contribution in [0.5, 0.6) is 5.75 Å². The van der Waals surface area contributed by atoms with Crippen molar-refractivity contribution in [1.29, 1.82) is 0 Å². The van der Waals surface area contributed by atoms with Crippen molar-refractivity contribution >= 4 is 35.3 Å². The molecule has 4 aliphatic rings. The van der Waals surface area contributed by atoms with Crippen LogP contribution in [-0.2, 0) is 35.9 Å². The molecule has 6 aromatic carbocycles. The number of esters is 1. The number of carbonyl (C=O) groups is 4. The molecule has 7 unspecified atom stereocenters. The maximum atomic E-state index is 16.5. The number of nitro benzene ring substituents is 1. The molecule has 3 heterocycles. The first-order chi connectivity index (χ1) is 34.5. The summed E-state index contributed by atoms with van der Waals surface area (Å²) >= 11 is 0. The number of hydrogen-bond acceptors (Lipinski definition) is 11. The summed E-state index contributed by atoms with van der Waals surface area (Å²) in [5, 5.41) is 36.5. The van der Waals surface area contributed by atoms with Crippen LogP contribution in [0, 0.1) is 27.9 Å². The van der Waals surface area contributed by atoms with Crippen molar-refractivity contribution in [3.8, 4) is 17.6 Å². The molecule has 0 bridgehead atoms. The molecule has 0 radical (unpaired) electrons. The van der Waals surface area contributed by atoms with Gasteiger partial charge in [0.2, 0.25) is 11.8 Å². The largest absolute Gasteiger partial charge is 0.508 e. The predicted molar refractivity (Wildman–Crippen MR) is 261 cm³/mol. The van der Waals surface area contributed by atoms with Crippen LogP contribution in [0.1, 0.15) is 88.9 Å². The Morgan fingerprint density at radius 1 is 0.817 bits per heavy atom. The normalized spacial score (nSPS) is 22.8. The van der Waals surface area contributed by atoms with Crippen LogP contribution in [-0.4, -0.2) is 56.5 Å². The molecule has 14 heteroatoms. The van der Waals surface area contributed by atoms with Gasteiger partial charge in [-0.15, -0.1) is 0 Å².